The number of nitrogens with zero attached hydrogens (tertiary/aromatic N) is 2. The summed E-state index contributed by atoms with van der Waals surface area (Å²) in [4.78, 5) is 42.9. The highest BCUT2D eigenvalue weighted by Gasteiger charge is 2.18. The zero-order chi connectivity index (χ0) is 28.8. The standard InChI is InChI=1S/C30H26N6O3S2/c1-18(27(37)34-30-36-35-19(2)41-30)40-23-14-12-22(13-15-23)32-29(39)26(33-28(38)20-8-4-3-5-9-20)16-21-17-31-25-11-7-6-10-24(21)25/h3-18,31H,1-2H3,(H,32,39)(H,33,38)(H,34,36,37)/b26-16-/t18-/m1/s1. The van der Waals surface area contributed by atoms with Gasteiger partial charge >= 0.3 is 0 Å². The van der Waals surface area contributed by atoms with Crippen LogP contribution in [0.25, 0.3) is 17.0 Å². The molecule has 0 aliphatic carbocycles. The Morgan fingerprint density at radius 3 is 2.39 bits per heavy atom. The van der Waals surface area contributed by atoms with E-state index in [1.807, 2.05) is 49.4 Å². The highest BCUT2D eigenvalue weighted by molar-refractivity contribution is 8.00. The molecule has 0 bridgehead atoms. The minimum absolute atomic E-state index is 0.0965. The Balaban J connectivity index is 1.29. The summed E-state index contributed by atoms with van der Waals surface area (Å²) in [5.41, 5.74) is 2.76. The number of aromatic nitrogens is 3. The molecule has 2 heterocycles. The number of rotatable bonds is 9. The number of thioether (sulfide) groups is 1. The fraction of sp³-hybridized carbons (Fsp3) is 0.100. The monoisotopic (exact) mass is 582 g/mol. The van der Waals surface area contributed by atoms with Crippen LogP contribution < -0.4 is 16.0 Å². The zero-order valence-electron chi connectivity index (χ0n) is 22.2. The normalized spacial score (nSPS) is 12.1. The van der Waals surface area contributed by atoms with Gasteiger partial charge in [-0.1, -0.05) is 47.7 Å². The Hall–Kier alpha value is -4.74. The number of carbonyl (C=O) groups excluding carboxylic acids is 3. The van der Waals surface area contributed by atoms with Crippen molar-refractivity contribution in [2.45, 2.75) is 24.0 Å². The van der Waals surface area contributed by atoms with Crippen LogP contribution in [-0.2, 0) is 9.59 Å². The molecule has 5 rings (SSSR count). The van der Waals surface area contributed by atoms with Gasteiger partial charge in [0.2, 0.25) is 11.0 Å². The number of aryl methyl sites for hydroxylation is 1. The molecule has 3 amide bonds. The number of nitrogens with one attached hydrogen (secondary N) is 4. The fourth-order valence-corrected chi connectivity index (χ4v) is 5.40. The number of hydrogen-bond donors (Lipinski definition) is 4. The first kappa shape index (κ1) is 27.8. The molecule has 1 atom stereocenters. The molecule has 0 unspecified atom stereocenters. The van der Waals surface area contributed by atoms with Crippen LogP contribution in [0.4, 0.5) is 10.8 Å². The minimum atomic E-state index is -0.472. The summed E-state index contributed by atoms with van der Waals surface area (Å²) in [6.45, 7) is 3.63. The maximum Gasteiger partial charge on any atom is 0.272 e. The van der Waals surface area contributed by atoms with Crippen LogP contribution in [0.2, 0.25) is 0 Å². The van der Waals surface area contributed by atoms with Crippen molar-refractivity contribution in [2.24, 2.45) is 0 Å². The van der Waals surface area contributed by atoms with Gasteiger partial charge in [0.05, 0.1) is 5.25 Å². The molecular formula is C30H26N6O3S2. The summed E-state index contributed by atoms with van der Waals surface area (Å²) >= 11 is 2.70. The summed E-state index contributed by atoms with van der Waals surface area (Å²) < 4.78 is 0. The van der Waals surface area contributed by atoms with Crippen molar-refractivity contribution in [3.63, 3.8) is 0 Å². The highest BCUT2D eigenvalue weighted by atomic mass is 32.2. The number of fused-ring (bicyclic) bond motifs is 1. The molecule has 2 aromatic heterocycles. The van der Waals surface area contributed by atoms with Crippen LogP contribution >= 0.6 is 23.1 Å². The van der Waals surface area contributed by atoms with Crippen molar-refractivity contribution in [3.8, 4) is 0 Å². The van der Waals surface area contributed by atoms with Crippen molar-refractivity contribution in [2.75, 3.05) is 10.6 Å². The van der Waals surface area contributed by atoms with Gasteiger partial charge in [0.1, 0.15) is 10.7 Å². The molecule has 0 aliphatic heterocycles. The van der Waals surface area contributed by atoms with Gasteiger partial charge in [0.25, 0.3) is 11.8 Å². The van der Waals surface area contributed by atoms with Crippen molar-refractivity contribution >= 4 is 68.6 Å². The molecule has 0 fully saturated rings. The molecule has 0 spiro atoms. The summed E-state index contributed by atoms with van der Waals surface area (Å²) in [5, 5.41) is 18.0. The molecule has 9 nitrogen and oxygen atoms in total. The Labute approximate surface area is 244 Å². The van der Waals surface area contributed by atoms with Crippen molar-refractivity contribution in [1.82, 2.24) is 20.5 Å². The van der Waals surface area contributed by atoms with Crippen LogP contribution in [0.15, 0.2) is 95.7 Å². The molecule has 4 N–H and O–H groups in total. The van der Waals surface area contributed by atoms with E-state index in [2.05, 4.69) is 31.1 Å². The summed E-state index contributed by atoms with van der Waals surface area (Å²) in [7, 11) is 0. The van der Waals surface area contributed by atoms with E-state index < -0.39 is 11.8 Å². The Morgan fingerprint density at radius 1 is 0.927 bits per heavy atom. The lowest BCUT2D eigenvalue weighted by Gasteiger charge is -2.13. The van der Waals surface area contributed by atoms with Crippen LogP contribution in [0.5, 0.6) is 0 Å². The van der Waals surface area contributed by atoms with Gasteiger partial charge in [-0.15, -0.1) is 22.0 Å². The predicted molar refractivity (Wildman–Crippen MR) is 164 cm³/mol. The van der Waals surface area contributed by atoms with Gasteiger partial charge in [-0.2, -0.15) is 0 Å². The van der Waals surface area contributed by atoms with Crippen LogP contribution in [0.3, 0.4) is 0 Å². The fourth-order valence-electron chi connectivity index (χ4n) is 3.94. The van der Waals surface area contributed by atoms with Crippen LogP contribution in [-0.4, -0.2) is 38.2 Å². The molecule has 5 aromatic rings. The Bertz CT molecular complexity index is 1730. The number of para-hydroxylation sites is 1. The highest BCUT2D eigenvalue weighted by Crippen LogP contribution is 2.27. The van der Waals surface area contributed by atoms with Crippen LogP contribution in [0, 0.1) is 6.92 Å². The maximum absolute atomic E-state index is 13.4. The van der Waals surface area contributed by atoms with Crippen molar-refractivity contribution in [1.29, 1.82) is 0 Å². The largest absolute Gasteiger partial charge is 0.361 e. The average molecular weight is 583 g/mol. The third-order valence-electron chi connectivity index (χ3n) is 6.00. The van der Waals surface area contributed by atoms with Gasteiger partial charge in [0.15, 0.2) is 0 Å². The maximum atomic E-state index is 13.4. The third kappa shape index (κ3) is 7.07. The molecule has 0 saturated heterocycles. The van der Waals surface area contributed by atoms with Crippen LogP contribution in [0.1, 0.15) is 27.9 Å². The second kappa shape index (κ2) is 12.6. The van der Waals surface area contributed by atoms with E-state index >= 15 is 0 Å². The van der Waals surface area contributed by atoms with Gasteiger partial charge in [0, 0.05) is 38.8 Å². The SMILES string of the molecule is Cc1nnc(NC(=O)[C@@H](C)Sc2ccc(NC(=O)/C(=C/c3c[nH]c4ccccc34)NC(=O)c3ccccc3)cc2)s1. The molecule has 0 saturated carbocycles. The van der Waals surface area contributed by atoms with Gasteiger partial charge in [-0.3, -0.25) is 19.7 Å². The Kier molecular flexibility index (Phi) is 8.56. The molecule has 0 radical (unpaired) electrons. The van der Waals surface area contributed by atoms with Gasteiger partial charge in [-0.05, 0) is 62.4 Å². The number of anilines is 2. The van der Waals surface area contributed by atoms with E-state index in [-0.39, 0.29) is 16.9 Å². The van der Waals surface area contributed by atoms with E-state index in [0.29, 0.717) is 16.4 Å². The molecule has 3 aromatic carbocycles. The first-order valence-electron chi connectivity index (χ1n) is 12.7. The topological polar surface area (TPSA) is 129 Å². The lowest BCUT2D eigenvalue weighted by atomic mass is 10.1. The smallest absolute Gasteiger partial charge is 0.272 e. The summed E-state index contributed by atoms with van der Waals surface area (Å²) in [6.07, 6.45) is 3.45. The lowest BCUT2D eigenvalue weighted by Crippen LogP contribution is -2.30. The number of aromatic amines is 1. The van der Waals surface area contributed by atoms with Gasteiger partial charge < -0.3 is 15.6 Å². The summed E-state index contributed by atoms with van der Waals surface area (Å²) in [6, 6.07) is 23.6. The zero-order valence-corrected chi connectivity index (χ0v) is 23.8. The molecule has 41 heavy (non-hydrogen) atoms. The first-order chi connectivity index (χ1) is 19.9. The first-order valence-corrected chi connectivity index (χ1v) is 14.4. The number of H-pyrrole nitrogens is 1. The van der Waals surface area contributed by atoms with E-state index in [9.17, 15) is 14.4 Å². The number of benzene rings is 3. The van der Waals surface area contributed by atoms with E-state index in [1.54, 1.807) is 55.6 Å². The van der Waals surface area contributed by atoms with Gasteiger partial charge in [-0.25, -0.2) is 0 Å². The average Bonchev–Trinajstić information content (AvgIpc) is 3.59. The summed E-state index contributed by atoms with van der Waals surface area (Å²) in [5.74, 6) is -1.04. The number of amides is 3. The second-order valence-electron chi connectivity index (χ2n) is 9.02. The molecule has 0 aliphatic rings. The van der Waals surface area contributed by atoms with E-state index in [1.165, 1.54) is 23.1 Å². The minimum Gasteiger partial charge on any atom is -0.361 e. The van der Waals surface area contributed by atoms with Crippen molar-refractivity contribution < 1.29 is 14.4 Å². The number of carbonyl (C=O) groups is 3. The Morgan fingerprint density at radius 2 is 1.66 bits per heavy atom. The molecular weight excluding hydrogens is 557 g/mol. The van der Waals surface area contributed by atoms with E-state index in [4.69, 9.17) is 0 Å². The van der Waals surface area contributed by atoms with E-state index in [0.717, 1.165) is 26.4 Å². The van der Waals surface area contributed by atoms with Crippen molar-refractivity contribution in [3.05, 3.63) is 107 Å². The number of hydrogen-bond acceptors (Lipinski definition) is 7. The second-order valence-corrected chi connectivity index (χ2v) is 11.6. The third-order valence-corrected chi connectivity index (χ3v) is 7.87. The quantitative estimate of drug-likeness (QED) is 0.127. The lowest BCUT2D eigenvalue weighted by molar-refractivity contribution is -0.115. The predicted octanol–water partition coefficient (Wildman–Crippen LogP) is 5.86. The molecule has 206 valence electrons. The molecule has 11 heteroatoms.